The number of fused-ring (bicyclic) bond motifs is 2. The van der Waals surface area contributed by atoms with Crippen molar-refractivity contribution in [2.45, 2.75) is 6.04 Å². The number of hydrogen-bond acceptors (Lipinski definition) is 9. The van der Waals surface area contributed by atoms with Crippen molar-refractivity contribution in [2.75, 3.05) is 19.5 Å². The Morgan fingerprint density at radius 2 is 1.84 bits per heavy atom. The summed E-state index contributed by atoms with van der Waals surface area (Å²) in [6.45, 7) is 0. The van der Waals surface area contributed by atoms with Gasteiger partial charge in [-0.3, -0.25) is 4.79 Å². The predicted octanol–water partition coefficient (Wildman–Crippen LogP) is 1.84. The summed E-state index contributed by atoms with van der Waals surface area (Å²) in [7, 11) is 3.10. The van der Waals surface area contributed by atoms with Crippen molar-refractivity contribution < 1.29 is 14.6 Å². The number of tetrazole rings is 1. The molecule has 2 aromatic carbocycles. The number of aromatic nitrogens is 6. The first-order chi connectivity index (χ1) is 15.1. The molecular weight excluding hydrogens is 402 g/mol. The number of phenolic OH excluding ortho intramolecular Hbond substituents is 1. The van der Waals surface area contributed by atoms with Crippen LogP contribution < -0.4 is 20.3 Å². The molecule has 11 heteroatoms. The first-order valence-electron chi connectivity index (χ1n) is 9.29. The van der Waals surface area contributed by atoms with E-state index in [1.807, 2.05) is 6.07 Å². The second-order valence-electron chi connectivity index (χ2n) is 6.83. The molecule has 5 rings (SSSR count). The zero-order valence-electron chi connectivity index (χ0n) is 16.5. The van der Waals surface area contributed by atoms with Gasteiger partial charge in [-0.25, -0.2) is 5.10 Å². The molecule has 1 atom stereocenters. The molecule has 3 N–H and O–H groups in total. The minimum absolute atomic E-state index is 0.124. The van der Waals surface area contributed by atoms with Gasteiger partial charge in [0.05, 0.1) is 19.9 Å². The van der Waals surface area contributed by atoms with Crippen LogP contribution in [0.25, 0.3) is 11.3 Å². The van der Waals surface area contributed by atoms with Crippen LogP contribution in [-0.2, 0) is 0 Å². The van der Waals surface area contributed by atoms with Crippen LogP contribution in [0.15, 0.2) is 47.3 Å². The summed E-state index contributed by atoms with van der Waals surface area (Å²) in [5.74, 6) is 1.54. The van der Waals surface area contributed by atoms with E-state index < -0.39 is 11.6 Å². The molecule has 11 nitrogen and oxygen atoms in total. The van der Waals surface area contributed by atoms with E-state index >= 15 is 0 Å². The molecule has 0 fully saturated rings. The lowest BCUT2D eigenvalue weighted by Gasteiger charge is -2.28. The second kappa shape index (κ2) is 7.13. The van der Waals surface area contributed by atoms with Crippen molar-refractivity contribution in [3.63, 3.8) is 0 Å². The van der Waals surface area contributed by atoms with Gasteiger partial charge in [0.2, 0.25) is 5.95 Å². The number of nitrogens with one attached hydrogen (secondary N) is 2. The van der Waals surface area contributed by atoms with Crippen molar-refractivity contribution in [1.82, 2.24) is 30.4 Å². The quantitative estimate of drug-likeness (QED) is 0.398. The second-order valence-corrected chi connectivity index (χ2v) is 6.83. The van der Waals surface area contributed by atoms with E-state index in [9.17, 15) is 9.90 Å². The molecule has 0 spiro atoms. The van der Waals surface area contributed by atoms with E-state index in [0.29, 0.717) is 40.0 Å². The van der Waals surface area contributed by atoms with E-state index in [4.69, 9.17) is 9.47 Å². The number of ether oxygens (including phenoxy) is 2. The van der Waals surface area contributed by atoms with Gasteiger partial charge in [0, 0.05) is 11.1 Å². The van der Waals surface area contributed by atoms with Gasteiger partial charge >= 0.3 is 0 Å². The van der Waals surface area contributed by atoms with Crippen molar-refractivity contribution in [1.29, 1.82) is 0 Å². The van der Waals surface area contributed by atoms with Gasteiger partial charge in [-0.15, -0.1) is 0 Å². The van der Waals surface area contributed by atoms with Crippen molar-refractivity contribution >= 4 is 11.6 Å². The fraction of sp³-hybridized carbons (Fsp3) is 0.150. The number of methoxy groups -OCH3 is 2. The summed E-state index contributed by atoms with van der Waals surface area (Å²) in [6, 6.07) is 11.4. The average molecular weight is 419 g/mol. The summed E-state index contributed by atoms with van der Waals surface area (Å²) < 4.78 is 12.3. The molecule has 156 valence electrons. The number of phenols is 1. The molecule has 2 aromatic heterocycles. The monoisotopic (exact) mass is 419 g/mol. The number of anilines is 2. The van der Waals surface area contributed by atoms with Crippen LogP contribution in [0.1, 0.15) is 17.2 Å². The highest BCUT2D eigenvalue weighted by atomic mass is 16.5. The maximum atomic E-state index is 12.7. The summed E-state index contributed by atoms with van der Waals surface area (Å²) in [5, 5.41) is 31.4. The fourth-order valence-corrected chi connectivity index (χ4v) is 3.71. The number of hydrogen-bond donors (Lipinski definition) is 3. The molecule has 1 aliphatic rings. The van der Waals surface area contributed by atoms with E-state index in [0.717, 1.165) is 5.56 Å². The Morgan fingerprint density at radius 3 is 2.58 bits per heavy atom. The van der Waals surface area contributed by atoms with Crippen LogP contribution in [0.5, 0.6) is 17.2 Å². The Morgan fingerprint density at radius 1 is 1.06 bits per heavy atom. The Balaban J connectivity index is 1.78. The normalized spacial score (nSPS) is 14.3. The van der Waals surface area contributed by atoms with Gasteiger partial charge in [0.1, 0.15) is 17.5 Å². The molecule has 31 heavy (non-hydrogen) atoms. The number of rotatable bonds is 4. The van der Waals surface area contributed by atoms with E-state index in [-0.39, 0.29) is 5.75 Å². The van der Waals surface area contributed by atoms with Gasteiger partial charge < -0.3 is 19.9 Å². The minimum atomic E-state index is -0.556. The van der Waals surface area contributed by atoms with Gasteiger partial charge in [0.25, 0.3) is 5.56 Å². The van der Waals surface area contributed by atoms with Gasteiger partial charge in [-0.2, -0.15) is 9.78 Å². The first kappa shape index (κ1) is 18.6. The van der Waals surface area contributed by atoms with Crippen molar-refractivity contribution in [3.05, 3.63) is 63.9 Å². The molecule has 0 aliphatic carbocycles. The lowest BCUT2D eigenvalue weighted by molar-refractivity contribution is 0.355. The maximum absolute atomic E-state index is 12.7. The van der Waals surface area contributed by atoms with Crippen LogP contribution >= 0.6 is 0 Å². The van der Waals surface area contributed by atoms with Crippen molar-refractivity contribution in [2.24, 2.45) is 0 Å². The average Bonchev–Trinajstić information content (AvgIpc) is 3.27. The maximum Gasteiger partial charge on any atom is 0.288 e. The van der Waals surface area contributed by atoms with Crippen LogP contribution in [-0.4, -0.2) is 49.7 Å². The standard InChI is InChI=1S/C20H17N7O4/c1-30-13-8-5-11(9-14(13)31-2)16-15-17(19(29)23-22-16)21-20-24-25-26-27(20)18(15)10-3-6-12(28)7-4-10/h3-9,18,28H,1-2H3,(H,23,29)(H,21,24,26)/t18-/m0/s1. The smallest absolute Gasteiger partial charge is 0.288 e. The Labute approximate surface area is 175 Å². The summed E-state index contributed by atoms with van der Waals surface area (Å²) in [4.78, 5) is 12.7. The first-order valence-corrected chi connectivity index (χ1v) is 9.29. The highest BCUT2D eigenvalue weighted by Crippen LogP contribution is 2.42. The summed E-state index contributed by atoms with van der Waals surface area (Å²) >= 11 is 0. The van der Waals surface area contributed by atoms with Crippen LogP contribution in [0.2, 0.25) is 0 Å². The third kappa shape index (κ3) is 2.94. The topological polar surface area (TPSA) is 140 Å². The third-order valence-corrected chi connectivity index (χ3v) is 5.13. The Bertz CT molecular complexity index is 1330. The van der Waals surface area contributed by atoms with E-state index in [2.05, 4.69) is 31.0 Å². The predicted molar refractivity (Wildman–Crippen MR) is 110 cm³/mol. The zero-order chi connectivity index (χ0) is 21.5. The van der Waals surface area contributed by atoms with E-state index in [1.54, 1.807) is 55.3 Å². The Hall–Kier alpha value is -4.41. The lowest BCUT2D eigenvalue weighted by atomic mass is 9.92. The molecular formula is C20H17N7O4. The molecule has 0 bridgehead atoms. The molecule has 4 aromatic rings. The molecule has 0 amide bonds. The van der Waals surface area contributed by atoms with Crippen molar-refractivity contribution in [3.8, 4) is 28.5 Å². The lowest BCUT2D eigenvalue weighted by Crippen LogP contribution is -2.29. The van der Waals surface area contributed by atoms with Crippen LogP contribution in [0, 0.1) is 0 Å². The van der Waals surface area contributed by atoms with E-state index in [1.165, 1.54) is 0 Å². The minimum Gasteiger partial charge on any atom is -0.508 e. The van der Waals surface area contributed by atoms with Gasteiger partial charge in [-0.1, -0.05) is 17.2 Å². The molecule has 1 aliphatic heterocycles. The van der Waals surface area contributed by atoms with Gasteiger partial charge in [-0.05, 0) is 46.3 Å². The highest BCUT2D eigenvalue weighted by Gasteiger charge is 2.34. The summed E-state index contributed by atoms with van der Waals surface area (Å²) in [5.41, 5.74) is 2.46. The van der Waals surface area contributed by atoms with Gasteiger partial charge in [0.15, 0.2) is 11.5 Å². The Kier molecular flexibility index (Phi) is 4.28. The zero-order valence-corrected chi connectivity index (χ0v) is 16.5. The molecule has 0 saturated carbocycles. The number of aromatic hydroxyl groups is 1. The number of H-pyrrole nitrogens is 1. The number of aromatic amines is 1. The van der Waals surface area contributed by atoms with Crippen LogP contribution in [0.3, 0.4) is 0 Å². The number of nitrogens with zero attached hydrogens (tertiary/aromatic N) is 5. The molecule has 0 saturated heterocycles. The highest BCUT2D eigenvalue weighted by molar-refractivity contribution is 5.76. The summed E-state index contributed by atoms with van der Waals surface area (Å²) in [6.07, 6.45) is 0. The molecule has 3 heterocycles. The fourth-order valence-electron chi connectivity index (χ4n) is 3.71. The third-order valence-electron chi connectivity index (χ3n) is 5.13. The van der Waals surface area contributed by atoms with Crippen LogP contribution in [0.4, 0.5) is 11.6 Å². The number of benzene rings is 2. The largest absolute Gasteiger partial charge is 0.508 e. The SMILES string of the molecule is COc1ccc(-c2n[nH]c(=O)c3c2[C@H](c2ccc(O)cc2)n2nnnc2N3)cc1OC. The molecule has 0 radical (unpaired) electrons. The molecule has 0 unspecified atom stereocenters.